The van der Waals surface area contributed by atoms with E-state index < -0.39 is 0 Å². The maximum atomic E-state index is 5.40. The Bertz CT molecular complexity index is 243. The standard InChI is InChI=1S/C10H16O2/c1-10(2,3)9-5-8(6-11-4)7-12-9/h5,7H,6H2,1-4H3. The van der Waals surface area contributed by atoms with Gasteiger partial charge in [-0.3, -0.25) is 0 Å². The lowest BCUT2D eigenvalue weighted by molar-refractivity contribution is 0.184. The minimum atomic E-state index is 0.0893. The second kappa shape index (κ2) is 3.31. The highest BCUT2D eigenvalue weighted by Gasteiger charge is 2.17. The average molecular weight is 168 g/mol. The quantitative estimate of drug-likeness (QED) is 0.677. The van der Waals surface area contributed by atoms with Gasteiger partial charge in [-0.2, -0.15) is 0 Å². The molecule has 0 saturated carbocycles. The van der Waals surface area contributed by atoms with E-state index in [1.165, 1.54) is 0 Å². The number of hydrogen-bond donors (Lipinski definition) is 0. The van der Waals surface area contributed by atoms with E-state index in [4.69, 9.17) is 9.15 Å². The van der Waals surface area contributed by atoms with Gasteiger partial charge in [0.1, 0.15) is 5.76 Å². The van der Waals surface area contributed by atoms with E-state index in [2.05, 4.69) is 20.8 Å². The van der Waals surface area contributed by atoms with Gasteiger partial charge in [-0.05, 0) is 6.07 Å². The van der Waals surface area contributed by atoms with Crippen LogP contribution in [0.5, 0.6) is 0 Å². The van der Waals surface area contributed by atoms with Crippen LogP contribution in [0.25, 0.3) is 0 Å². The van der Waals surface area contributed by atoms with Crippen molar-refractivity contribution in [2.75, 3.05) is 7.11 Å². The topological polar surface area (TPSA) is 22.4 Å². The van der Waals surface area contributed by atoms with Gasteiger partial charge in [0.2, 0.25) is 0 Å². The summed E-state index contributed by atoms with van der Waals surface area (Å²) >= 11 is 0. The van der Waals surface area contributed by atoms with Gasteiger partial charge in [-0.25, -0.2) is 0 Å². The maximum Gasteiger partial charge on any atom is 0.109 e. The molecule has 0 amide bonds. The van der Waals surface area contributed by atoms with Crippen LogP contribution in [0, 0.1) is 0 Å². The summed E-state index contributed by atoms with van der Waals surface area (Å²) in [7, 11) is 1.68. The SMILES string of the molecule is COCc1coc(C(C)(C)C)c1. The monoisotopic (exact) mass is 168 g/mol. The van der Waals surface area contributed by atoms with Gasteiger partial charge in [0.25, 0.3) is 0 Å². The Labute approximate surface area is 73.5 Å². The number of rotatable bonds is 2. The summed E-state index contributed by atoms with van der Waals surface area (Å²) in [5, 5.41) is 0. The summed E-state index contributed by atoms with van der Waals surface area (Å²) < 4.78 is 10.4. The van der Waals surface area contributed by atoms with Crippen molar-refractivity contribution in [3.8, 4) is 0 Å². The Morgan fingerprint density at radius 1 is 1.42 bits per heavy atom. The van der Waals surface area contributed by atoms with Crippen molar-refractivity contribution in [1.29, 1.82) is 0 Å². The third-order valence-electron chi connectivity index (χ3n) is 1.70. The van der Waals surface area contributed by atoms with Gasteiger partial charge in [0.05, 0.1) is 12.9 Å². The second-order valence-electron chi connectivity index (χ2n) is 4.00. The van der Waals surface area contributed by atoms with Crippen LogP contribution in [0.3, 0.4) is 0 Å². The normalized spacial score (nSPS) is 12.0. The van der Waals surface area contributed by atoms with Crippen molar-refractivity contribution in [3.05, 3.63) is 23.7 Å². The molecule has 1 heterocycles. The smallest absolute Gasteiger partial charge is 0.109 e. The van der Waals surface area contributed by atoms with Gasteiger partial charge in [0.15, 0.2) is 0 Å². The number of hydrogen-bond acceptors (Lipinski definition) is 2. The third kappa shape index (κ3) is 2.11. The molecule has 12 heavy (non-hydrogen) atoms. The lowest BCUT2D eigenvalue weighted by Gasteiger charge is -2.13. The van der Waals surface area contributed by atoms with Gasteiger partial charge >= 0.3 is 0 Å². The van der Waals surface area contributed by atoms with Gasteiger partial charge in [-0.1, -0.05) is 20.8 Å². The third-order valence-corrected chi connectivity index (χ3v) is 1.70. The summed E-state index contributed by atoms with van der Waals surface area (Å²) in [5.41, 5.74) is 1.19. The highest BCUT2D eigenvalue weighted by Crippen LogP contribution is 2.24. The van der Waals surface area contributed by atoms with E-state index in [1.54, 1.807) is 13.4 Å². The van der Waals surface area contributed by atoms with E-state index in [9.17, 15) is 0 Å². The molecule has 0 radical (unpaired) electrons. The Morgan fingerprint density at radius 3 is 2.50 bits per heavy atom. The summed E-state index contributed by atoms with van der Waals surface area (Å²) in [6, 6.07) is 2.05. The van der Waals surface area contributed by atoms with Gasteiger partial charge in [0, 0.05) is 18.1 Å². The Kier molecular flexibility index (Phi) is 2.58. The van der Waals surface area contributed by atoms with Crippen LogP contribution in [-0.2, 0) is 16.8 Å². The minimum absolute atomic E-state index is 0.0893. The first-order chi connectivity index (χ1) is 5.54. The van der Waals surface area contributed by atoms with E-state index in [1.807, 2.05) is 6.07 Å². The first-order valence-electron chi connectivity index (χ1n) is 4.11. The fraction of sp³-hybridized carbons (Fsp3) is 0.600. The summed E-state index contributed by atoms with van der Waals surface area (Å²) in [4.78, 5) is 0. The zero-order valence-corrected chi connectivity index (χ0v) is 8.18. The molecule has 0 aromatic carbocycles. The summed E-state index contributed by atoms with van der Waals surface area (Å²) in [5.74, 6) is 1.01. The molecule has 0 fully saturated rings. The van der Waals surface area contributed by atoms with Crippen LogP contribution in [0.1, 0.15) is 32.1 Å². The van der Waals surface area contributed by atoms with Crippen LogP contribution < -0.4 is 0 Å². The van der Waals surface area contributed by atoms with Gasteiger partial charge < -0.3 is 9.15 Å². The summed E-state index contributed by atoms with van der Waals surface area (Å²) in [6.07, 6.45) is 1.75. The zero-order valence-electron chi connectivity index (χ0n) is 8.18. The van der Waals surface area contributed by atoms with Crippen molar-refractivity contribution >= 4 is 0 Å². The molecule has 1 aromatic heterocycles. The molecular formula is C10H16O2. The fourth-order valence-corrected chi connectivity index (χ4v) is 1.01. The second-order valence-corrected chi connectivity index (χ2v) is 4.00. The number of ether oxygens (including phenoxy) is 1. The van der Waals surface area contributed by atoms with Crippen molar-refractivity contribution < 1.29 is 9.15 Å². The van der Waals surface area contributed by atoms with Crippen LogP contribution >= 0.6 is 0 Å². The van der Waals surface area contributed by atoms with Gasteiger partial charge in [-0.15, -0.1) is 0 Å². The molecule has 0 saturated heterocycles. The highest BCUT2D eigenvalue weighted by atomic mass is 16.5. The maximum absolute atomic E-state index is 5.40. The summed E-state index contributed by atoms with van der Waals surface area (Å²) in [6.45, 7) is 7.01. The molecule has 0 N–H and O–H groups in total. The first kappa shape index (κ1) is 9.33. The molecule has 1 rings (SSSR count). The van der Waals surface area contributed by atoms with E-state index in [-0.39, 0.29) is 5.41 Å². The molecule has 2 heteroatoms. The molecule has 0 atom stereocenters. The first-order valence-corrected chi connectivity index (χ1v) is 4.11. The largest absolute Gasteiger partial charge is 0.468 e. The molecule has 0 aliphatic rings. The number of furan rings is 1. The molecular weight excluding hydrogens is 152 g/mol. The minimum Gasteiger partial charge on any atom is -0.468 e. The van der Waals surface area contributed by atoms with Crippen molar-refractivity contribution in [3.63, 3.8) is 0 Å². The van der Waals surface area contributed by atoms with E-state index >= 15 is 0 Å². The van der Waals surface area contributed by atoms with Crippen molar-refractivity contribution in [1.82, 2.24) is 0 Å². The lowest BCUT2D eigenvalue weighted by Crippen LogP contribution is -2.09. The predicted molar refractivity (Wildman–Crippen MR) is 48.1 cm³/mol. The Morgan fingerprint density at radius 2 is 2.08 bits per heavy atom. The Hall–Kier alpha value is -0.760. The molecule has 68 valence electrons. The molecule has 1 aromatic rings. The van der Waals surface area contributed by atoms with Crippen LogP contribution in [0.2, 0.25) is 0 Å². The van der Waals surface area contributed by atoms with Crippen LogP contribution in [-0.4, -0.2) is 7.11 Å². The Balaban J connectivity index is 2.77. The van der Waals surface area contributed by atoms with Crippen molar-refractivity contribution in [2.45, 2.75) is 32.8 Å². The lowest BCUT2D eigenvalue weighted by atomic mass is 9.93. The molecule has 0 spiro atoms. The fourth-order valence-electron chi connectivity index (χ4n) is 1.01. The average Bonchev–Trinajstić information content (AvgIpc) is 2.35. The molecule has 0 aliphatic heterocycles. The van der Waals surface area contributed by atoms with E-state index in [0.717, 1.165) is 11.3 Å². The van der Waals surface area contributed by atoms with Crippen LogP contribution in [0.15, 0.2) is 16.7 Å². The van der Waals surface area contributed by atoms with E-state index in [0.29, 0.717) is 6.61 Å². The highest BCUT2D eigenvalue weighted by molar-refractivity contribution is 5.17. The molecule has 0 aliphatic carbocycles. The number of methoxy groups -OCH3 is 1. The van der Waals surface area contributed by atoms with Crippen LogP contribution in [0.4, 0.5) is 0 Å². The zero-order chi connectivity index (χ0) is 9.19. The van der Waals surface area contributed by atoms with Crippen molar-refractivity contribution in [2.24, 2.45) is 0 Å². The molecule has 0 bridgehead atoms. The molecule has 2 nitrogen and oxygen atoms in total. The molecule has 0 unspecified atom stereocenters. The predicted octanol–water partition coefficient (Wildman–Crippen LogP) is 2.72.